The van der Waals surface area contributed by atoms with Crippen molar-refractivity contribution in [3.8, 4) is 0 Å². The fourth-order valence-corrected chi connectivity index (χ4v) is 1.31. The lowest BCUT2D eigenvalue weighted by Crippen LogP contribution is -2.13. The zero-order valence-electron chi connectivity index (χ0n) is 5.96. The number of anilines is 1. The largest absolute Gasteiger partial charge is 0.359 e. The maximum absolute atomic E-state index is 4.21. The smallest absolute Gasteiger partial charge is 0.131 e. The maximum Gasteiger partial charge on any atom is 0.131 e. The van der Waals surface area contributed by atoms with Crippen LogP contribution in [0.3, 0.4) is 0 Å². The van der Waals surface area contributed by atoms with E-state index < -0.39 is 0 Å². The number of aromatic nitrogens is 1. The molecular formula is C8H9N2. The molecule has 0 aromatic carbocycles. The van der Waals surface area contributed by atoms with E-state index in [1.165, 1.54) is 5.56 Å². The molecule has 51 valence electrons. The number of nitrogens with zero attached hydrogens (tertiary/aromatic N) is 2. The van der Waals surface area contributed by atoms with Crippen LogP contribution < -0.4 is 4.90 Å². The molecule has 0 bridgehead atoms. The van der Waals surface area contributed by atoms with Gasteiger partial charge in [0.05, 0.1) is 0 Å². The Balaban J connectivity index is 2.51. The number of rotatable bonds is 0. The molecule has 1 radical (unpaired) electrons. The molecule has 0 atom stereocenters. The van der Waals surface area contributed by atoms with Crippen molar-refractivity contribution in [1.29, 1.82) is 0 Å². The topological polar surface area (TPSA) is 16.1 Å². The normalized spacial score (nSPS) is 15.5. The number of pyridine rings is 1. The minimum atomic E-state index is 1.10. The molecule has 1 aromatic rings. The first kappa shape index (κ1) is 5.71. The molecule has 2 heteroatoms. The van der Waals surface area contributed by atoms with E-state index >= 15 is 0 Å². The SMILES string of the molecule is CN1CCc2c[c]cnc21. The quantitative estimate of drug-likeness (QED) is 0.522. The third kappa shape index (κ3) is 0.685. The van der Waals surface area contributed by atoms with Gasteiger partial charge in [-0.1, -0.05) is 0 Å². The van der Waals surface area contributed by atoms with Gasteiger partial charge in [-0.3, -0.25) is 0 Å². The molecule has 2 nitrogen and oxygen atoms in total. The van der Waals surface area contributed by atoms with Gasteiger partial charge in [-0.05, 0) is 18.1 Å². The van der Waals surface area contributed by atoms with Crippen LogP contribution in [0.25, 0.3) is 0 Å². The molecule has 0 amide bonds. The molecule has 2 rings (SSSR count). The van der Waals surface area contributed by atoms with Crippen LogP contribution in [-0.4, -0.2) is 18.6 Å². The Morgan fingerprint density at radius 3 is 3.40 bits per heavy atom. The van der Waals surface area contributed by atoms with E-state index in [1.54, 1.807) is 6.20 Å². The van der Waals surface area contributed by atoms with E-state index in [0.717, 1.165) is 18.8 Å². The van der Waals surface area contributed by atoms with Crippen LogP contribution in [0.4, 0.5) is 5.82 Å². The summed E-state index contributed by atoms with van der Waals surface area (Å²) in [5.41, 5.74) is 1.32. The summed E-state index contributed by atoms with van der Waals surface area (Å²) in [6, 6.07) is 5.00. The predicted octanol–water partition coefficient (Wildman–Crippen LogP) is 0.874. The van der Waals surface area contributed by atoms with Crippen LogP contribution in [0.2, 0.25) is 0 Å². The van der Waals surface area contributed by atoms with Crippen molar-refractivity contribution in [3.05, 3.63) is 23.9 Å². The standard InChI is InChI=1S/C8H9N2/c1-10-6-4-7-3-2-5-9-8(7)10/h3,5H,4,6H2,1H3. The van der Waals surface area contributed by atoms with Crippen LogP contribution in [0.15, 0.2) is 12.3 Å². The van der Waals surface area contributed by atoms with Crippen LogP contribution in [0.5, 0.6) is 0 Å². The zero-order valence-corrected chi connectivity index (χ0v) is 5.96. The van der Waals surface area contributed by atoms with E-state index in [2.05, 4.69) is 23.0 Å². The zero-order chi connectivity index (χ0) is 6.97. The van der Waals surface area contributed by atoms with E-state index in [1.807, 2.05) is 6.07 Å². The van der Waals surface area contributed by atoms with Crippen LogP contribution in [0.1, 0.15) is 5.56 Å². The van der Waals surface area contributed by atoms with Gasteiger partial charge in [-0.15, -0.1) is 0 Å². The molecule has 10 heavy (non-hydrogen) atoms. The van der Waals surface area contributed by atoms with E-state index in [0.29, 0.717) is 0 Å². The van der Waals surface area contributed by atoms with Gasteiger partial charge < -0.3 is 4.90 Å². The van der Waals surface area contributed by atoms with Gasteiger partial charge in [-0.2, -0.15) is 0 Å². The Morgan fingerprint density at radius 2 is 2.60 bits per heavy atom. The molecular weight excluding hydrogens is 124 g/mol. The molecule has 0 unspecified atom stereocenters. The highest BCUT2D eigenvalue weighted by molar-refractivity contribution is 5.50. The lowest BCUT2D eigenvalue weighted by Gasteiger charge is -2.08. The summed E-state index contributed by atoms with van der Waals surface area (Å²) in [5.74, 6) is 1.12. The Kier molecular flexibility index (Phi) is 1.13. The number of hydrogen-bond donors (Lipinski definition) is 0. The van der Waals surface area contributed by atoms with Crippen molar-refractivity contribution >= 4 is 5.82 Å². The Morgan fingerprint density at radius 1 is 1.70 bits per heavy atom. The minimum absolute atomic E-state index is 1.10. The Bertz CT molecular complexity index is 245. The van der Waals surface area contributed by atoms with Gasteiger partial charge >= 0.3 is 0 Å². The second-order valence-electron chi connectivity index (χ2n) is 2.59. The number of likely N-dealkylation sites (N-methyl/N-ethyl adjacent to an activating group) is 1. The Labute approximate surface area is 60.5 Å². The molecule has 0 N–H and O–H groups in total. The molecule has 0 saturated carbocycles. The Hall–Kier alpha value is -1.05. The third-order valence-corrected chi connectivity index (χ3v) is 1.88. The average Bonchev–Trinajstić information content (AvgIpc) is 2.34. The van der Waals surface area contributed by atoms with Gasteiger partial charge in [0.25, 0.3) is 0 Å². The maximum atomic E-state index is 4.21. The summed E-state index contributed by atoms with van der Waals surface area (Å²) in [6.45, 7) is 1.10. The van der Waals surface area contributed by atoms with Crippen LogP contribution in [-0.2, 0) is 6.42 Å². The van der Waals surface area contributed by atoms with Crippen molar-refractivity contribution < 1.29 is 0 Å². The second-order valence-corrected chi connectivity index (χ2v) is 2.59. The minimum Gasteiger partial charge on any atom is -0.359 e. The predicted molar refractivity (Wildman–Crippen MR) is 40.0 cm³/mol. The van der Waals surface area contributed by atoms with E-state index in [9.17, 15) is 0 Å². The highest BCUT2D eigenvalue weighted by Crippen LogP contribution is 2.21. The summed E-state index contributed by atoms with van der Waals surface area (Å²) in [5, 5.41) is 0. The molecule has 0 saturated heterocycles. The summed E-state index contributed by atoms with van der Waals surface area (Å²) < 4.78 is 0. The fourth-order valence-electron chi connectivity index (χ4n) is 1.31. The van der Waals surface area contributed by atoms with Gasteiger partial charge in [0.15, 0.2) is 0 Å². The van der Waals surface area contributed by atoms with Crippen molar-refractivity contribution in [2.45, 2.75) is 6.42 Å². The molecule has 1 aromatic heterocycles. The van der Waals surface area contributed by atoms with Gasteiger partial charge in [0, 0.05) is 25.9 Å². The van der Waals surface area contributed by atoms with E-state index in [-0.39, 0.29) is 0 Å². The first-order chi connectivity index (χ1) is 4.88. The second kappa shape index (κ2) is 1.97. The van der Waals surface area contributed by atoms with Crippen molar-refractivity contribution in [3.63, 3.8) is 0 Å². The first-order valence-corrected chi connectivity index (χ1v) is 3.44. The van der Waals surface area contributed by atoms with Crippen molar-refractivity contribution in [2.24, 2.45) is 0 Å². The highest BCUT2D eigenvalue weighted by Gasteiger charge is 2.14. The summed E-state index contributed by atoms with van der Waals surface area (Å²) in [4.78, 5) is 6.38. The molecule has 1 aliphatic heterocycles. The van der Waals surface area contributed by atoms with E-state index in [4.69, 9.17) is 0 Å². The summed E-state index contributed by atoms with van der Waals surface area (Å²) in [7, 11) is 2.07. The van der Waals surface area contributed by atoms with Gasteiger partial charge in [-0.25, -0.2) is 4.98 Å². The third-order valence-electron chi connectivity index (χ3n) is 1.88. The number of fused-ring (bicyclic) bond motifs is 1. The van der Waals surface area contributed by atoms with Gasteiger partial charge in [0.1, 0.15) is 5.82 Å². The lowest BCUT2D eigenvalue weighted by atomic mass is 10.2. The first-order valence-electron chi connectivity index (χ1n) is 3.44. The molecule has 0 fully saturated rings. The molecule has 2 heterocycles. The average molecular weight is 133 g/mol. The lowest BCUT2D eigenvalue weighted by molar-refractivity contribution is 0.945. The van der Waals surface area contributed by atoms with Crippen LogP contribution in [0, 0.1) is 6.07 Å². The van der Waals surface area contributed by atoms with Crippen molar-refractivity contribution in [2.75, 3.05) is 18.5 Å². The number of hydrogen-bond acceptors (Lipinski definition) is 2. The van der Waals surface area contributed by atoms with Crippen LogP contribution >= 0.6 is 0 Å². The van der Waals surface area contributed by atoms with Gasteiger partial charge in [0.2, 0.25) is 0 Å². The molecule has 0 spiro atoms. The molecule has 0 aliphatic carbocycles. The molecule has 1 aliphatic rings. The monoisotopic (exact) mass is 133 g/mol. The fraction of sp³-hybridized carbons (Fsp3) is 0.375. The summed E-state index contributed by atoms with van der Waals surface area (Å²) >= 11 is 0. The summed E-state index contributed by atoms with van der Waals surface area (Å²) in [6.07, 6.45) is 2.84. The van der Waals surface area contributed by atoms with Crippen molar-refractivity contribution in [1.82, 2.24) is 4.98 Å². The highest BCUT2D eigenvalue weighted by atomic mass is 15.2.